The lowest BCUT2D eigenvalue weighted by Gasteiger charge is -2.15. The number of rotatable bonds is 4. The molecule has 0 heterocycles. The molecule has 4 nitrogen and oxygen atoms in total. The summed E-state index contributed by atoms with van der Waals surface area (Å²) in [5.41, 5.74) is 1.67. The summed E-state index contributed by atoms with van der Waals surface area (Å²) in [6, 6.07) is 10.2. The Labute approximate surface area is 138 Å². The molecule has 0 unspecified atom stereocenters. The van der Waals surface area contributed by atoms with Crippen molar-refractivity contribution in [2.75, 3.05) is 17.3 Å². The molecular weight excluding hydrogens is 314 g/mol. The first-order chi connectivity index (χ1) is 11.4. The number of nitrogens with one attached hydrogen (secondary N) is 1. The molecule has 0 saturated heterocycles. The molecule has 2 rings (SSSR count). The second kappa shape index (κ2) is 7.50. The molecule has 0 aliphatic carbocycles. The highest BCUT2D eigenvalue weighted by atomic mass is 19.2. The Morgan fingerprint density at radius 3 is 2.29 bits per heavy atom. The van der Waals surface area contributed by atoms with Crippen molar-refractivity contribution in [2.45, 2.75) is 6.92 Å². The molecule has 0 aliphatic rings. The van der Waals surface area contributed by atoms with Gasteiger partial charge in [0.1, 0.15) is 0 Å². The van der Waals surface area contributed by atoms with Gasteiger partial charge >= 0.3 is 0 Å². The number of benzene rings is 2. The first-order valence-electron chi connectivity index (χ1n) is 7.15. The van der Waals surface area contributed by atoms with Gasteiger partial charge in [-0.15, -0.1) is 0 Å². The van der Waals surface area contributed by atoms with E-state index in [4.69, 9.17) is 0 Å². The van der Waals surface area contributed by atoms with Crippen molar-refractivity contribution in [2.24, 2.45) is 0 Å². The van der Waals surface area contributed by atoms with E-state index in [9.17, 15) is 18.4 Å². The molecular formula is C18H16F2N2O2. The number of halogens is 2. The van der Waals surface area contributed by atoms with E-state index in [2.05, 4.69) is 5.32 Å². The average molecular weight is 330 g/mol. The average Bonchev–Trinajstić information content (AvgIpc) is 2.55. The Morgan fingerprint density at radius 2 is 1.71 bits per heavy atom. The van der Waals surface area contributed by atoms with Crippen LogP contribution in [-0.2, 0) is 9.59 Å². The van der Waals surface area contributed by atoms with Crippen molar-refractivity contribution in [1.29, 1.82) is 0 Å². The number of amides is 2. The van der Waals surface area contributed by atoms with E-state index in [1.165, 1.54) is 31.0 Å². The minimum Gasteiger partial charge on any atom is -0.326 e. The molecule has 0 bridgehead atoms. The Kier molecular flexibility index (Phi) is 5.42. The number of carbonyl (C=O) groups is 2. The van der Waals surface area contributed by atoms with Crippen LogP contribution in [0, 0.1) is 11.6 Å². The van der Waals surface area contributed by atoms with Gasteiger partial charge in [0.15, 0.2) is 11.6 Å². The third-order valence-corrected chi connectivity index (χ3v) is 3.27. The van der Waals surface area contributed by atoms with Crippen LogP contribution in [0.2, 0.25) is 0 Å². The van der Waals surface area contributed by atoms with E-state index in [0.29, 0.717) is 5.69 Å². The molecule has 24 heavy (non-hydrogen) atoms. The maximum Gasteiger partial charge on any atom is 0.250 e. The van der Waals surface area contributed by atoms with E-state index < -0.39 is 11.6 Å². The number of nitrogens with zero attached hydrogens (tertiary/aromatic N) is 1. The molecule has 0 aliphatic heterocycles. The zero-order valence-electron chi connectivity index (χ0n) is 13.2. The summed E-state index contributed by atoms with van der Waals surface area (Å²) in [4.78, 5) is 24.2. The SMILES string of the molecule is CC(=O)Nc1ccc(/C=C\C(=O)N(C)c2ccc(F)c(F)c2)cc1. The summed E-state index contributed by atoms with van der Waals surface area (Å²) in [5.74, 6) is -2.52. The maximum atomic E-state index is 13.2. The molecule has 2 aromatic carbocycles. The molecule has 2 amide bonds. The van der Waals surface area contributed by atoms with Crippen molar-refractivity contribution in [1.82, 2.24) is 0 Å². The fraction of sp³-hybridized carbons (Fsp3) is 0.111. The summed E-state index contributed by atoms with van der Waals surface area (Å²) < 4.78 is 26.1. The van der Waals surface area contributed by atoms with E-state index in [-0.39, 0.29) is 17.5 Å². The molecule has 2 aromatic rings. The van der Waals surface area contributed by atoms with Gasteiger partial charge in [0, 0.05) is 37.5 Å². The largest absolute Gasteiger partial charge is 0.326 e. The third kappa shape index (κ3) is 4.49. The molecule has 0 radical (unpaired) electrons. The quantitative estimate of drug-likeness (QED) is 0.871. The lowest BCUT2D eigenvalue weighted by atomic mass is 10.2. The highest BCUT2D eigenvalue weighted by Gasteiger charge is 2.10. The van der Waals surface area contributed by atoms with Gasteiger partial charge in [-0.3, -0.25) is 9.59 Å². The van der Waals surface area contributed by atoms with E-state index in [1.54, 1.807) is 30.3 Å². The predicted octanol–water partition coefficient (Wildman–Crippen LogP) is 3.60. The minimum atomic E-state index is -1.01. The molecule has 6 heteroatoms. The molecule has 0 saturated carbocycles. The van der Waals surface area contributed by atoms with Crippen LogP contribution in [-0.4, -0.2) is 18.9 Å². The Balaban J connectivity index is 2.06. The van der Waals surface area contributed by atoms with Crippen molar-refractivity contribution in [3.63, 3.8) is 0 Å². The first kappa shape index (κ1) is 17.3. The van der Waals surface area contributed by atoms with Gasteiger partial charge in [0.05, 0.1) is 0 Å². The molecule has 0 fully saturated rings. The fourth-order valence-electron chi connectivity index (χ4n) is 1.98. The summed E-state index contributed by atoms with van der Waals surface area (Å²) in [6.45, 7) is 1.42. The Bertz CT molecular complexity index is 786. The fourth-order valence-corrected chi connectivity index (χ4v) is 1.98. The number of carbonyl (C=O) groups excluding carboxylic acids is 2. The van der Waals surface area contributed by atoms with Crippen LogP contribution in [0.3, 0.4) is 0 Å². The highest BCUT2D eigenvalue weighted by Crippen LogP contribution is 2.17. The maximum absolute atomic E-state index is 13.2. The lowest BCUT2D eigenvalue weighted by molar-refractivity contribution is -0.114. The standard InChI is InChI=1S/C18H16F2N2O2/c1-12(23)21-14-6-3-13(4-7-14)5-10-18(24)22(2)15-8-9-16(19)17(20)11-15/h3-11H,1-2H3,(H,21,23)/b10-5-. The van der Waals surface area contributed by atoms with E-state index in [0.717, 1.165) is 17.7 Å². The summed E-state index contributed by atoms with van der Waals surface area (Å²) in [7, 11) is 1.47. The number of hydrogen-bond acceptors (Lipinski definition) is 2. The molecule has 0 atom stereocenters. The number of likely N-dealkylation sites (N-methyl/N-ethyl adjacent to an activating group) is 1. The van der Waals surface area contributed by atoms with Gasteiger partial charge in [0.25, 0.3) is 5.91 Å². The number of anilines is 2. The zero-order chi connectivity index (χ0) is 17.7. The van der Waals surface area contributed by atoms with Crippen LogP contribution >= 0.6 is 0 Å². The second-order valence-electron chi connectivity index (χ2n) is 5.13. The van der Waals surface area contributed by atoms with E-state index >= 15 is 0 Å². The van der Waals surface area contributed by atoms with Crippen LogP contribution in [0.15, 0.2) is 48.5 Å². The summed E-state index contributed by atoms with van der Waals surface area (Å²) in [5, 5.41) is 2.64. The first-order valence-corrected chi connectivity index (χ1v) is 7.15. The normalized spacial score (nSPS) is 10.7. The second-order valence-corrected chi connectivity index (χ2v) is 5.13. The van der Waals surface area contributed by atoms with Crippen molar-refractivity contribution in [3.05, 3.63) is 65.7 Å². The van der Waals surface area contributed by atoms with Gasteiger partial charge in [-0.2, -0.15) is 0 Å². The van der Waals surface area contributed by atoms with Crippen molar-refractivity contribution < 1.29 is 18.4 Å². The molecule has 0 spiro atoms. The van der Waals surface area contributed by atoms with Crippen LogP contribution in [0.4, 0.5) is 20.2 Å². The van der Waals surface area contributed by atoms with Crippen LogP contribution in [0.1, 0.15) is 12.5 Å². The monoisotopic (exact) mass is 330 g/mol. The highest BCUT2D eigenvalue weighted by molar-refractivity contribution is 6.03. The summed E-state index contributed by atoms with van der Waals surface area (Å²) >= 11 is 0. The van der Waals surface area contributed by atoms with Crippen LogP contribution in [0.25, 0.3) is 6.08 Å². The smallest absolute Gasteiger partial charge is 0.250 e. The third-order valence-electron chi connectivity index (χ3n) is 3.27. The van der Waals surface area contributed by atoms with Gasteiger partial charge < -0.3 is 10.2 Å². The van der Waals surface area contributed by atoms with Crippen LogP contribution < -0.4 is 10.2 Å². The van der Waals surface area contributed by atoms with Crippen molar-refractivity contribution >= 4 is 29.3 Å². The van der Waals surface area contributed by atoms with E-state index in [1.807, 2.05) is 0 Å². The van der Waals surface area contributed by atoms with Crippen molar-refractivity contribution in [3.8, 4) is 0 Å². The van der Waals surface area contributed by atoms with Gasteiger partial charge in [0.2, 0.25) is 5.91 Å². The topological polar surface area (TPSA) is 49.4 Å². The Morgan fingerprint density at radius 1 is 1.04 bits per heavy atom. The predicted molar refractivity (Wildman–Crippen MR) is 89.5 cm³/mol. The number of hydrogen-bond donors (Lipinski definition) is 1. The van der Waals surface area contributed by atoms with Gasteiger partial charge in [-0.25, -0.2) is 8.78 Å². The van der Waals surface area contributed by atoms with Crippen LogP contribution in [0.5, 0.6) is 0 Å². The zero-order valence-corrected chi connectivity index (χ0v) is 13.2. The molecule has 124 valence electrons. The summed E-state index contributed by atoms with van der Waals surface area (Å²) in [6.07, 6.45) is 2.92. The molecule has 0 aromatic heterocycles. The van der Waals surface area contributed by atoms with Gasteiger partial charge in [-0.05, 0) is 35.9 Å². The van der Waals surface area contributed by atoms with Gasteiger partial charge in [-0.1, -0.05) is 12.1 Å². The lowest BCUT2D eigenvalue weighted by Crippen LogP contribution is -2.24. The molecule has 1 N–H and O–H groups in total. The Hall–Kier alpha value is -3.02. The minimum absolute atomic E-state index is 0.165.